The van der Waals surface area contributed by atoms with Crippen LogP contribution >= 0.6 is 0 Å². The first-order valence-electron chi connectivity index (χ1n) is 6.82. The molecule has 0 radical (unpaired) electrons. The van der Waals surface area contributed by atoms with Crippen LogP contribution in [0.3, 0.4) is 0 Å². The third-order valence-electron chi connectivity index (χ3n) is 3.88. The molecule has 16 heavy (non-hydrogen) atoms. The maximum Gasteiger partial charge on any atom is 0.221 e. The van der Waals surface area contributed by atoms with Gasteiger partial charge in [-0.2, -0.15) is 0 Å². The number of hydrogen-bond donors (Lipinski definition) is 2. The van der Waals surface area contributed by atoms with Crippen molar-refractivity contribution in [3.63, 3.8) is 0 Å². The molecular weight excluding hydrogens is 200 g/mol. The second kappa shape index (κ2) is 5.67. The number of rotatable bonds is 6. The van der Waals surface area contributed by atoms with Crippen LogP contribution < -0.4 is 10.6 Å². The predicted octanol–water partition coefficient (Wildman–Crippen LogP) is 1.82. The molecule has 92 valence electrons. The van der Waals surface area contributed by atoms with Gasteiger partial charge in [0.05, 0.1) is 0 Å². The van der Waals surface area contributed by atoms with Crippen LogP contribution in [0.2, 0.25) is 0 Å². The van der Waals surface area contributed by atoms with Gasteiger partial charge in [-0.25, -0.2) is 0 Å². The van der Waals surface area contributed by atoms with Gasteiger partial charge in [-0.3, -0.25) is 4.79 Å². The van der Waals surface area contributed by atoms with E-state index >= 15 is 0 Å². The molecule has 0 bridgehead atoms. The van der Waals surface area contributed by atoms with Crippen LogP contribution in [0.1, 0.15) is 51.9 Å². The minimum atomic E-state index is 0.223. The SMILES string of the molecule is CCC1CCCC1NCCC(=O)NC1CC1. The van der Waals surface area contributed by atoms with Gasteiger partial charge in [-0.05, 0) is 31.6 Å². The Morgan fingerprint density at radius 1 is 1.25 bits per heavy atom. The first-order valence-corrected chi connectivity index (χ1v) is 6.82. The normalized spacial score (nSPS) is 29.3. The van der Waals surface area contributed by atoms with E-state index in [1.807, 2.05) is 0 Å². The topological polar surface area (TPSA) is 41.1 Å². The molecule has 2 unspecified atom stereocenters. The summed E-state index contributed by atoms with van der Waals surface area (Å²) >= 11 is 0. The fourth-order valence-corrected chi connectivity index (χ4v) is 2.69. The van der Waals surface area contributed by atoms with Gasteiger partial charge in [0, 0.05) is 25.0 Å². The second-order valence-electron chi connectivity index (χ2n) is 5.25. The average Bonchev–Trinajstić information content (AvgIpc) is 2.96. The zero-order valence-corrected chi connectivity index (χ0v) is 10.3. The monoisotopic (exact) mass is 224 g/mol. The molecule has 0 aromatic carbocycles. The van der Waals surface area contributed by atoms with E-state index in [0.29, 0.717) is 18.5 Å². The zero-order chi connectivity index (χ0) is 11.4. The van der Waals surface area contributed by atoms with Crippen LogP contribution in [-0.4, -0.2) is 24.5 Å². The Morgan fingerprint density at radius 3 is 2.75 bits per heavy atom. The van der Waals surface area contributed by atoms with Crippen LogP contribution in [0.25, 0.3) is 0 Å². The minimum Gasteiger partial charge on any atom is -0.353 e. The molecule has 3 nitrogen and oxygen atoms in total. The Labute approximate surface area is 98.4 Å². The van der Waals surface area contributed by atoms with Crippen LogP contribution in [-0.2, 0) is 4.79 Å². The van der Waals surface area contributed by atoms with E-state index in [0.717, 1.165) is 12.5 Å². The number of amides is 1. The number of carbonyl (C=O) groups is 1. The van der Waals surface area contributed by atoms with Gasteiger partial charge in [0.2, 0.25) is 5.91 Å². The number of hydrogen-bond acceptors (Lipinski definition) is 2. The standard InChI is InChI=1S/C13H24N2O/c1-2-10-4-3-5-12(10)14-9-8-13(16)15-11-6-7-11/h10-12,14H,2-9H2,1H3,(H,15,16). The van der Waals surface area contributed by atoms with Crippen LogP contribution in [0.15, 0.2) is 0 Å². The molecule has 0 aromatic rings. The summed E-state index contributed by atoms with van der Waals surface area (Å²) in [6.07, 6.45) is 8.28. The molecule has 1 amide bonds. The first-order chi connectivity index (χ1) is 7.79. The van der Waals surface area contributed by atoms with Gasteiger partial charge in [0.15, 0.2) is 0 Å². The second-order valence-corrected chi connectivity index (χ2v) is 5.25. The molecule has 0 heterocycles. The van der Waals surface area contributed by atoms with E-state index in [2.05, 4.69) is 17.6 Å². The molecule has 2 aliphatic carbocycles. The maximum absolute atomic E-state index is 11.5. The lowest BCUT2D eigenvalue weighted by Gasteiger charge is -2.19. The van der Waals surface area contributed by atoms with Gasteiger partial charge >= 0.3 is 0 Å². The molecule has 0 spiro atoms. The predicted molar refractivity (Wildman–Crippen MR) is 65.2 cm³/mol. The minimum absolute atomic E-state index is 0.223. The molecule has 2 N–H and O–H groups in total. The van der Waals surface area contributed by atoms with E-state index in [4.69, 9.17) is 0 Å². The van der Waals surface area contributed by atoms with Gasteiger partial charge in [0.1, 0.15) is 0 Å². The Balaban J connectivity index is 1.57. The summed E-state index contributed by atoms with van der Waals surface area (Å²) in [4.78, 5) is 11.5. The van der Waals surface area contributed by atoms with Crippen LogP contribution in [0.5, 0.6) is 0 Å². The summed E-state index contributed by atoms with van der Waals surface area (Å²) in [7, 11) is 0. The van der Waals surface area contributed by atoms with E-state index in [1.54, 1.807) is 0 Å². The van der Waals surface area contributed by atoms with Crippen molar-refractivity contribution >= 4 is 5.91 Å². The highest BCUT2D eigenvalue weighted by molar-refractivity contribution is 5.76. The quantitative estimate of drug-likeness (QED) is 0.722. The Bertz CT molecular complexity index is 238. The maximum atomic E-state index is 11.5. The summed E-state index contributed by atoms with van der Waals surface area (Å²) < 4.78 is 0. The van der Waals surface area contributed by atoms with Crippen LogP contribution in [0, 0.1) is 5.92 Å². The molecular formula is C13H24N2O. The molecule has 2 rings (SSSR count). The molecule has 0 aliphatic heterocycles. The Morgan fingerprint density at radius 2 is 2.06 bits per heavy atom. The van der Waals surface area contributed by atoms with Crippen molar-refractivity contribution in [3.8, 4) is 0 Å². The molecule has 2 aliphatic rings. The van der Waals surface area contributed by atoms with E-state index in [9.17, 15) is 4.79 Å². The van der Waals surface area contributed by atoms with Crippen molar-refractivity contribution in [1.29, 1.82) is 0 Å². The number of nitrogens with one attached hydrogen (secondary N) is 2. The Hall–Kier alpha value is -0.570. The smallest absolute Gasteiger partial charge is 0.221 e. The zero-order valence-electron chi connectivity index (χ0n) is 10.3. The van der Waals surface area contributed by atoms with Crippen molar-refractivity contribution in [2.75, 3.05) is 6.54 Å². The van der Waals surface area contributed by atoms with Gasteiger partial charge in [0.25, 0.3) is 0 Å². The highest BCUT2D eigenvalue weighted by Gasteiger charge is 2.26. The molecule has 3 heteroatoms. The summed E-state index contributed by atoms with van der Waals surface area (Å²) in [5.74, 6) is 1.06. The van der Waals surface area contributed by atoms with Crippen molar-refractivity contribution < 1.29 is 4.79 Å². The lowest BCUT2D eigenvalue weighted by molar-refractivity contribution is -0.121. The molecule has 2 fully saturated rings. The molecule has 0 aromatic heterocycles. The van der Waals surface area contributed by atoms with Gasteiger partial charge in [-0.15, -0.1) is 0 Å². The fourth-order valence-electron chi connectivity index (χ4n) is 2.69. The molecule has 2 saturated carbocycles. The largest absolute Gasteiger partial charge is 0.353 e. The third kappa shape index (κ3) is 3.48. The van der Waals surface area contributed by atoms with Gasteiger partial charge < -0.3 is 10.6 Å². The van der Waals surface area contributed by atoms with Crippen LogP contribution in [0.4, 0.5) is 0 Å². The highest BCUT2D eigenvalue weighted by Crippen LogP contribution is 2.27. The molecule has 0 saturated heterocycles. The van der Waals surface area contributed by atoms with E-state index < -0.39 is 0 Å². The van der Waals surface area contributed by atoms with Crippen molar-refractivity contribution in [3.05, 3.63) is 0 Å². The lowest BCUT2D eigenvalue weighted by Crippen LogP contribution is -2.36. The fraction of sp³-hybridized carbons (Fsp3) is 0.923. The van der Waals surface area contributed by atoms with Crippen molar-refractivity contribution in [2.45, 2.75) is 64.0 Å². The van der Waals surface area contributed by atoms with E-state index in [1.165, 1.54) is 38.5 Å². The Kier molecular flexibility index (Phi) is 4.22. The average molecular weight is 224 g/mol. The highest BCUT2D eigenvalue weighted by atomic mass is 16.1. The summed E-state index contributed by atoms with van der Waals surface area (Å²) in [6.45, 7) is 3.12. The molecule has 2 atom stereocenters. The van der Waals surface area contributed by atoms with E-state index in [-0.39, 0.29) is 5.91 Å². The summed E-state index contributed by atoms with van der Waals surface area (Å²) in [5, 5.41) is 6.57. The third-order valence-corrected chi connectivity index (χ3v) is 3.88. The first kappa shape index (κ1) is 11.9. The van der Waals surface area contributed by atoms with Gasteiger partial charge in [-0.1, -0.05) is 19.8 Å². The number of carbonyl (C=O) groups excluding carboxylic acids is 1. The summed E-state index contributed by atoms with van der Waals surface area (Å²) in [5.41, 5.74) is 0. The summed E-state index contributed by atoms with van der Waals surface area (Å²) in [6, 6.07) is 1.17. The lowest BCUT2D eigenvalue weighted by atomic mass is 10.0. The van der Waals surface area contributed by atoms with Crippen molar-refractivity contribution in [1.82, 2.24) is 10.6 Å². The van der Waals surface area contributed by atoms with Crippen molar-refractivity contribution in [2.24, 2.45) is 5.92 Å².